The monoisotopic (exact) mass is 477 g/mol. The normalized spacial score (nSPS) is 11.2. The summed E-state index contributed by atoms with van der Waals surface area (Å²) in [5, 5.41) is 15.1. The maximum Gasteiger partial charge on any atom is 0.174 e. The Balaban J connectivity index is 1.13. The van der Waals surface area contributed by atoms with E-state index in [-0.39, 0.29) is 0 Å². The van der Waals surface area contributed by atoms with E-state index in [1.807, 2.05) is 60.7 Å². The number of aryl methyl sites for hydroxylation is 1. The number of fused-ring (bicyclic) bond motifs is 1. The Morgan fingerprint density at radius 1 is 0.750 bits per heavy atom. The van der Waals surface area contributed by atoms with Crippen LogP contribution in [0.2, 0.25) is 0 Å². The molecule has 36 heavy (non-hydrogen) atoms. The highest BCUT2D eigenvalue weighted by Crippen LogP contribution is 2.20. The third-order valence-electron chi connectivity index (χ3n) is 5.68. The Morgan fingerprint density at radius 3 is 2.31 bits per heavy atom. The van der Waals surface area contributed by atoms with E-state index in [0.717, 1.165) is 64.3 Å². The number of aromatic nitrogens is 5. The fourth-order valence-corrected chi connectivity index (χ4v) is 3.82. The molecule has 7 nitrogen and oxygen atoms in total. The van der Waals surface area contributed by atoms with Crippen molar-refractivity contribution in [2.75, 3.05) is 6.61 Å². The minimum atomic E-state index is 0.423. The van der Waals surface area contributed by atoms with Crippen LogP contribution in [0.15, 0.2) is 84.9 Å². The lowest BCUT2D eigenvalue weighted by Crippen LogP contribution is -1.99. The molecule has 3 aromatic carbocycles. The average Bonchev–Trinajstić information content (AvgIpc) is 3.45. The molecule has 1 N–H and O–H groups in total. The summed E-state index contributed by atoms with van der Waals surface area (Å²) in [6, 6.07) is 28.3. The lowest BCUT2D eigenvalue weighted by molar-refractivity contribution is 0.302. The van der Waals surface area contributed by atoms with Gasteiger partial charge in [-0.2, -0.15) is 5.21 Å². The van der Waals surface area contributed by atoms with E-state index in [0.29, 0.717) is 13.2 Å². The van der Waals surface area contributed by atoms with Gasteiger partial charge in [0.1, 0.15) is 18.1 Å². The van der Waals surface area contributed by atoms with Gasteiger partial charge in [-0.15, -0.1) is 10.2 Å². The first-order valence-electron chi connectivity index (χ1n) is 12.0. The topological polar surface area (TPSA) is 85.8 Å². The second kappa shape index (κ2) is 11.8. The third-order valence-corrected chi connectivity index (χ3v) is 5.68. The van der Waals surface area contributed by atoms with Crippen LogP contribution in [0.3, 0.4) is 0 Å². The van der Waals surface area contributed by atoms with Crippen molar-refractivity contribution in [3.8, 4) is 11.5 Å². The molecule has 5 aromatic rings. The highest BCUT2D eigenvalue weighted by molar-refractivity contribution is 5.78. The molecular weight excluding hydrogens is 450 g/mol. The molecule has 0 saturated carbocycles. The quantitative estimate of drug-likeness (QED) is 0.188. The van der Waals surface area contributed by atoms with Gasteiger partial charge in [0, 0.05) is 11.8 Å². The molecule has 0 unspecified atom stereocenters. The molecule has 0 atom stereocenters. The standard InChI is InChI=1S/C29H27N5O2/c1-2-12-28-24(9-1)16-17-25(30-28)21-36-27-11-6-8-23(20-27)15-14-22-7-5-10-26(19-22)35-18-4-3-13-29-31-33-34-32-29/h1-2,5-12,14-17,19-20H,3-4,13,18,21H2,(H,31,32,33,34)/b15-14+. The third kappa shape index (κ3) is 6.54. The van der Waals surface area contributed by atoms with Crippen LogP contribution < -0.4 is 9.47 Å². The molecule has 0 spiro atoms. The molecule has 0 aliphatic carbocycles. The Hall–Kier alpha value is -4.52. The van der Waals surface area contributed by atoms with Gasteiger partial charge in [0.15, 0.2) is 5.82 Å². The molecule has 2 heterocycles. The molecule has 0 aliphatic heterocycles. The summed E-state index contributed by atoms with van der Waals surface area (Å²) in [5.74, 6) is 2.41. The van der Waals surface area contributed by atoms with Gasteiger partial charge in [0.05, 0.1) is 17.8 Å². The number of pyridine rings is 1. The van der Waals surface area contributed by atoms with Gasteiger partial charge in [-0.3, -0.25) is 0 Å². The van der Waals surface area contributed by atoms with Crippen LogP contribution in [-0.4, -0.2) is 32.2 Å². The first-order valence-corrected chi connectivity index (χ1v) is 12.0. The van der Waals surface area contributed by atoms with Crippen LogP contribution in [0.25, 0.3) is 23.1 Å². The van der Waals surface area contributed by atoms with Gasteiger partial charge in [-0.05, 0) is 60.4 Å². The predicted molar refractivity (Wildman–Crippen MR) is 140 cm³/mol. The van der Waals surface area contributed by atoms with Crippen molar-refractivity contribution in [3.63, 3.8) is 0 Å². The van der Waals surface area contributed by atoms with Crippen molar-refractivity contribution in [1.82, 2.24) is 25.6 Å². The van der Waals surface area contributed by atoms with Gasteiger partial charge in [0.2, 0.25) is 0 Å². The zero-order valence-electron chi connectivity index (χ0n) is 19.9. The van der Waals surface area contributed by atoms with E-state index in [1.165, 1.54) is 0 Å². The van der Waals surface area contributed by atoms with Crippen LogP contribution in [0.5, 0.6) is 11.5 Å². The van der Waals surface area contributed by atoms with Crippen molar-refractivity contribution in [1.29, 1.82) is 0 Å². The number of hydrogen-bond acceptors (Lipinski definition) is 6. The number of aromatic amines is 1. The van der Waals surface area contributed by atoms with Crippen LogP contribution in [0, 0.1) is 0 Å². The summed E-state index contributed by atoms with van der Waals surface area (Å²) in [6.45, 7) is 1.07. The van der Waals surface area contributed by atoms with E-state index in [2.05, 4.69) is 62.0 Å². The number of para-hydroxylation sites is 1. The molecule has 0 amide bonds. The van der Waals surface area contributed by atoms with E-state index in [9.17, 15) is 0 Å². The molecule has 0 fully saturated rings. The number of hydrogen-bond donors (Lipinski definition) is 1. The predicted octanol–water partition coefficient (Wildman–Crippen LogP) is 5.90. The zero-order valence-corrected chi connectivity index (χ0v) is 19.9. The lowest BCUT2D eigenvalue weighted by atomic mass is 10.1. The summed E-state index contributed by atoms with van der Waals surface area (Å²) < 4.78 is 11.9. The minimum absolute atomic E-state index is 0.423. The largest absolute Gasteiger partial charge is 0.494 e. The first kappa shape index (κ1) is 23.2. The number of unbranched alkanes of at least 4 members (excludes halogenated alkanes) is 1. The highest BCUT2D eigenvalue weighted by Gasteiger charge is 2.02. The zero-order chi connectivity index (χ0) is 24.4. The summed E-state index contributed by atoms with van der Waals surface area (Å²) in [6.07, 6.45) is 6.83. The van der Waals surface area contributed by atoms with Crippen molar-refractivity contribution < 1.29 is 9.47 Å². The van der Waals surface area contributed by atoms with E-state index >= 15 is 0 Å². The Morgan fingerprint density at radius 2 is 1.53 bits per heavy atom. The molecule has 0 aliphatic rings. The summed E-state index contributed by atoms with van der Waals surface area (Å²) in [5.41, 5.74) is 4.02. The summed E-state index contributed by atoms with van der Waals surface area (Å²) >= 11 is 0. The molecule has 180 valence electrons. The first-order chi connectivity index (χ1) is 17.8. The maximum absolute atomic E-state index is 6.01. The number of rotatable bonds is 11. The van der Waals surface area contributed by atoms with Gasteiger partial charge < -0.3 is 9.47 Å². The molecule has 0 saturated heterocycles. The number of nitrogens with zero attached hydrogens (tertiary/aromatic N) is 4. The Bertz CT molecular complexity index is 1430. The molecular formula is C29H27N5O2. The van der Waals surface area contributed by atoms with Crippen molar-refractivity contribution in [2.24, 2.45) is 0 Å². The summed E-state index contributed by atoms with van der Waals surface area (Å²) in [7, 11) is 0. The number of nitrogens with one attached hydrogen (secondary N) is 1. The molecule has 5 rings (SSSR count). The van der Waals surface area contributed by atoms with Crippen LogP contribution >= 0.6 is 0 Å². The smallest absolute Gasteiger partial charge is 0.174 e. The molecule has 2 aromatic heterocycles. The fraction of sp³-hybridized carbons (Fsp3) is 0.172. The second-order valence-electron chi connectivity index (χ2n) is 8.40. The number of benzene rings is 3. The van der Waals surface area contributed by atoms with Gasteiger partial charge >= 0.3 is 0 Å². The fourth-order valence-electron chi connectivity index (χ4n) is 3.82. The van der Waals surface area contributed by atoms with Crippen LogP contribution in [0.4, 0.5) is 0 Å². The molecule has 7 heteroatoms. The number of tetrazole rings is 1. The number of H-pyrrole nitrogens is 1. The molecule has 0 bridgehead atoms. The van der Waals surface area contributed by atoms with Gasteiger partial charge in [-0.25, -0.2) is 4.98 Å². The molecule has 0 radical (unpaired) electrons. The van der Waals surface area contributed by atoms with E-state index < -0.39 is 0 Å². The lowest BCUT2D eigenvalue weighted by Gasteiger charge is -2.08. The SMILES string of the molecule is C(=C\c1cccc(OCc2ccc3ccccc3n2)c1)/c1cccc(OCCCCc2nn[nH]n2)c1. The second-order valence-corrected chi connectivity index (χ2v) is 8.40. The van der Waals surface area contributed by atoms with Gasteiger partial charge in [-0.1, -0.05) is 65.9 Å². The van der Waals surface area contributed by atoms with Crippen molar-refractivity contribution in [3.05, 3.63) is 108 Å². The minimum Gasteiger partial charge on any atom is -0.494 e. The highest BCUT2D eigenvalue weighted by atomic mass is 16.5. The maximum atomic E-state index is 6.01. The van der Waals surface area contributed by atoms with Gasteiger partial charge in [0.25, 0.3) is 0 Å². The van der Waals surface area contributed by atoms with E-state index in [4.69, 9.17) is 9.47 Å². The van der Waals surface area contributed by atoms with E-state index in [1.54, 1.807) is 0 Å². The Kier molecular flexibility index (Phi) is 7.58. The average molecular weight is 478 g/mol. The Labute approximate surface area is 209 Å². The van der Waals surface area contributed by atoms with Crippen molar-refractivity contribution in [2.45, 2.75) is 25.9 Å². The van der Waals surface area contributed by atoms with Crippen LogP contribution in [0.1, 0.15) is 35.5 Å². The van der Waals surface area contributed by atoms with Crippen LogP contribution in [-0.2, 0) is 13.0 Å². The number of ether oxygens (including phenoxy) is 2. The summed E-state index contributed by atoms with van der Waals surface area (Å²) in [4.78, 5) is 4.68. The van der Waals surface area contributed by atoms with Crippen molar-refractivity contribution >= 4 is 23.1 Å².